The summed E-state index contributed by atoms with van der Waals surface area (Å²) in [5.41, 5.74) is 0.399. The van der Waals surface area contributed by atoms with E-state index < -0.39 is 0 Å². The number of aliphatic imine (C=N–C) groups is 1. The molecule has 1 saturated heterocycles. The fraction of sp³-hybridized carbons (Fsp3) is 0.944. The van der Waals surface area contributed by atoms with Crippen LogP contribution in [0.25, 0.3) is 0 Å². The van der Waals surface area contributed by atoms with Gasteiger partial charge in [-0.25, -0.2) is 0 Å². The van der Waals surface area contributed by atoms with Crippen LogP contribution in [0.1, 0.15) is 71.6 Å². The molecule has 0 atom stereocenters. The maximum absolute atomic E-state index is 4.87. The van der Waals surface area contributed by atoms with Crippen molar-refractivity contribution in [3.8, 4) is 0 Å². The van der Waals surface area contributed by atoms with Crippen LogP contribution in [-0.4, -0.2) is 23.0 Å². The van der Waals surface area contributed by atoms with Crippen molar-refractivity contribution in [2.75, 3.05) is 12.3 Å². The molecule has 1 spiro atoms. The summed E-state index contributed by atoms with van der Waals surface area (Å²) in [5.74, 6) is 4.09. The van der Waals surface area contributed by atoms with Crippen molar-refractivity contribution in [3.63, 3.8) is 0 Å². The standard InChI is InChI=1S/C18H32N2S/c1-14-3-5-16(6-4-14)9-12-19-17-20-18(13-21-17)10-7-15(2)8-11-18/h14-16H,3-13H2,1-2H3,(H,19,20). The maximum Gasteiger partial charge on any atom is 0.157 e. The van der Waals surface area contributed by atoms with Crippen molar-refractivity contribution in [2.45, 2.75) is 77.2 Å². The quantitative estimate of drug-likeness (QED) is 0.806. The van der Waals surface area contributed by atoms with Crippen molar-refractivity contribution < 1.29 is 0 Å². The van der Waals surface area contributed by atoms with E-state index in [4.69, 9.17) is 4.99 Å². The number of nitrogens with one attached hydrogen (secondary N) is 1. The molecule has 3 fully saturated rings. The Balaban J connectivity index is 1.41. The van der Waals surface area contributed by atoms with Crippen LogP contribution >= 0.6 is 11.8 Å². The molecule has 1 heterocycles. The zero-order valence-electron chi connectivity index (χ0n) is 13.9. The number of nitrogens with zero attached hydrogens (tertiary/aromatic N) is 1. The highest BCUT2D eigenvalue weighted by Gasteiger charge is 2.39. The van der Waals surface area contributed by atoms with E-state index in [0.29, 0.717) is 5.54 Å². The molecule has 0 bridgehead atoms. The first-order valence-electron chi connectivity index (χ1n) is 9.11. The summed E-state index contributed by atoms with van der Waals surface area (Å²) in [4.78, 5) is 4.87. The molecule has 0 radical (unpaired) electrons. The van der Waals surface area contributed by atoms with Gasteiger partial charge in [-0.1, -0.05) is 51.3 Å². The molecule has 21 heavy (non-hydrogen) atoms. The predicted octanol–water partition coefficient (Wildman–Crippen LogP) is 4.84. The molecule has 0 unspecified atom stereocenters. The van der Waals surface area contributed by atoms with Crippen molar-refractivity contribution in [1.29, 1.82) is 0 Å². The monoisotopic (exact) mass is 308 g/mol. The zero-order chi connectivity index (χ0) is 14.7. The predicted molar refractivity (Wildman–Crippen MR) is 94.0 cm³/mol. The summed E-state index contributed by atoms with van der Waals surface area (Å²) in [7, 11) is 0. The summed E-state index contributed by atoms with van der Waals surface area (Å²) < 4.78 is 0. The van der Waals surface area contributed by atoms with Gasteiger partial charge >= 0.3 is 0 Å². The lowest BCUT2D eigenvalue weighted by Gasteiger charge is -2.35. The average molecular weight is 309 g/mol. The zero-order valence-corrected chi connectivity index (χ0v) is 14.7. The molecule has 120 valence electrons. The van der Waals surface area contributed by atoms with Crippen molar-refractivity contribution >= 4 is 16.9 Å². The fourth-order valence-electron chi connectivity index (χ4n) is 4.14. The van der Waals surface area contributed by atoms with E-state index in [-0.39, 0.29) is 0 Å². The number of thioether (sulfide) groups is 1. The lowest BCUT2D eigenvalue weighted by Crippen LogP contribution is -2.46. The summed E-state index contributed by atoms with van der Waals surface area (Å²) >= 11 is 1.97. The van der Waals surface area contributed by atoms with Gasteiger partial charge in [-0.15, -0.1) is 0 Å². The molecular formula is C18H32N2S. The van der Waals surface area contributed by atoms with Crippen LogP contribution in [0.4, 0.5) is 0 Å². The Bertz CT molecular complexity index is 363. The Kier molecular flexibility index (Phi) is 5.19. The minimum atomic E-state index is 0.399. The minimum absolute atomic E-state index is 0.399. The van der Waals surface area contributed by atoms with Gasteiger partial charge in [-0.05, 0) is 49.9 Å². The summed E-state index contributed by atoms with van der Waals surface area (Å²) in [6.07, 6.45) is 12.5. The number of hydrogen-bond acceptors (Lipinski definition) is 2. The molecule has 0 aromatic carbocycles. The van der Waals surface area contributed by atoms with Crippen LogP contribution in [0.2, 0.25) is 0 Å². The Morgan fingerprint density at radius 3 is 2.43 bits per heavy atom. The van der Waals surface area contributed by atoms with E-state index in [1.807, 2.05) is 11.8 Å². The normalized spacial score (nSPS) is 42.4. The van der Waals surface area contributed by atoms with Crippen LogP contribution in [-0.2, 0) is 0 Å². The Labute approximate surface area is 134 Å². The van der Waals surface area contributed by atoms with E-state index in [1.165, 1.54) is 68.7 Å². The van der Waals surface area contributed by atoms with Gasteiger partial charge in [0.05, 0.1) is 0 Å². The fourth-order valence-corrected chi connectivity index (χ4v) is 5.39. The van der Waals surface area contributed by atoms with Crippen LogP contribution in [0.3, 0.4) is 0 Å². The van der Waals surface area contributed by atoms with Crippen LogP contribution in [0, 0.1) is 17.8 Å². The van der Waals surface area contributed by atoms with Crippen molar-refractivity contribution in [1.82, 2.24) is 5.32 Å². The number of rotatable bonds is 3. The van der Waals surface area contributed by atoms with Crippen molar-refractivity contribution in [2.24, 2.45) is 22.7 Å². The lowest BCUT2D eigenvalue weighted by molar-refractivity contribution is 0.250. The van der Waals surface area contributed by atoms with E-state index in [9.17, 15) is 0 Å². The lowest BCUT2D eigenvalue weighted by atomic mass is 9.78. The first kappa shape index (κ1) is 15.7. The van der Waals surface area contributed by atoms with E-state index >= 15 is 0 Å². The molecule has 0 aromatic rings. The molecule has 2 aliphatic carbocycles. The van der Waals surface area contributed by atoms with E-state index in [2.05, 4.69) is 19.2 Å². The number of amidine groups is 1. The average Bonchev–Trinajstić information content (AvgIpc) is 2.88. The first-order chi connectivity index (χ1) is 10.2. The highest BCUT2D eigenvalue weighted by molar-refractivity contribution is 8.14. The smallest absolute Gasteiger partial charge is 0.157 e. The molecule has 0 aromatic heterocycles. The van der Waals surface area contributed by atoms with Gasteiger partial charge < -0.3 is 5.32 Å². The third kappa shape index (κ3) is 4.18. The molecule has 3 heteroatoms. The summed E-state index contributed by atoms with van der Waals surface area (Å²) in [5, 5.41) is 5.03. The molecular weight excluding hydrogens is 276 g/mol. The Morgan fingerprint density at radius 1 is 1.05 bits per heavy atom. The van der Waals surface area contributed by atoms with Gasteiger partial charge in [0.1, 0.15) is 0 Å². The summed E-state index contributed by atoms with van der Waals surface area (Å²) in [6.45, 7) is 5.84. The number of hydrogen-bond donors (Lipinski definition) is 1. The second-order valence-corrected chi connectivity index (χ2v) is 8.94. The molecule has 2 nitrogen and oxygen atoms in total. The van der Waals surface area contributed by atoms with Crippen LogP contribution < -0.4 is 5.32 Å². The molecule has 2 saturated carbocycles. The third-order valence-electron chi connectivity index (χ3n) is 6.02. The SMILES string of the molecule is CC1CCC(CCN=C2NC3(CCC(C)CC3)CS2)CC1. The van der Waals surface area contributed by atoms with E-state index in [1.54, 1.807) is 0 Å². The van der Waals surface area contributed by atoms with E-state index in [0.717, 1.165) is 24.3 Å². The van der Waals surface area contributed by atoms with Crippen molar-refractivity contribution in [3.05, 3.63) is 0 Å². The maximum atomic E-state index is 4.87. The molecule has 3 aliphatic rings. The first-order valence-corrected chi connectivity index (χ1v) is 10.1. The summed E-state index contributed by atoms with van der Waals surface area (Å²) in [6, 6.07) is 0. The Morgan fingerprint density at radius 2 is 1.71 bits per heavy atom. The van der Waals surface area contributed by atoms with Gasteiger partial charge in [-0.2, -0.15) is 0 Å². The molecule has 1 aliphatic heterocycles. The van der Waals surface area contributed by atoms with Gasteiger partial charge in [0, 0.05) is 17.8 Å². The second kappa shape index (κ2) is 6.93. The Hall–Kier alpha value is -0.180. The van der Waals surface area contributed by atoms with Gasteiger partial charge in [0.2, 0.25) is 0 Å². The van der Waals surface area contributed by atoms with Gasteiger partial charge in [-0.3, -0.25) is 4.99 Å². The van der Waals surface area contributed by atoms with Crippen LogP contribution in [0.15, 0.2) is 4.99 Å². The second-order valence-electron chi connectivity index (χ2n) is 7.98. The highest BCUT2D eigenvalue weighted by atomic mass is 32.2. The van der Waals surface area contributed by atoms with Gasteiger partial charge in [0.25, 0.3) is 0 Å². The molecule has 1 N–H and O–H groups in total. The third-order valence-corrected chi connectivity index (χ3v) is 7.22. The molecule has 3 rings (SSSR count). The van der Waals surface area contributed by atoms with Crippen LogP contribution in [0.5, 0.6) is 0 Å². The van der Waals surface area contributed by atoms with Gasteiger partial charge in [0.15, 0.2) is 5.17 Å². The minimum Gasteiger partial charge on any atom is -0.359 e. The topological polar surface area (TPSA) is 24.4 Å². The highest BCUT2D eigenvalue weighted by Crippen LogP contribution is 2.38. The largest absolute Gasteiger partial charge is 0.359 e. The molecule has 0 amide bonds.